The minimum absolute atomic E-state index is 0.603. The van der Waals surface area contributed by atoms with E-state index >= 15 is 0 Å². The quantitative estimate of drug-likeness (QED) is 0.904. The zero-order valence-electron chi connectivity index (χ0n) is 13.0. The molecule has 0 spiro atoms. The van der Waals surface area contributed by atoms with Crippen molar-refractivity contribution in [3.8, 4) is 0 Å². The van der Waals surface area contributed by atoms with Crippen LogP contribution in [0.25, 0.3) is 5.57 Å². The van der Waals surface area contributed by atoms with Crippen molar-refractivity contribution in [3.05, 3.63) is 77.4 Å². The average molecular weight is 281 g/mol. The molecular formula is C19H23NO. The Labute approximate surface area is 127 Å². The van der Waals surface area contributed by atoms with Crippen LogP contribution in [0, 0.1) is 6.92 Å². The SMILES string of the molecule is Cc1ccccc1C(O)/C(=C/CN(C)C)c1ccccc1. The summed E-state index contributed by atoms with van der Waals surface area (Å²) in [5, 5.41) is 10.8. The molecule has 0 heterocycles. The fourth-order valence-corrected chi connectivity index (χ4v) is 2.36. The van der Waals surface area contributed by atoms with E-state index in [4.69, 9.17) is 0 Å². The number of benzene rings is 2. The molecule has 0 saturated carbocycles. The normalized spacial score (nSPS) is 13.5. The lowest BCUT2D eigenvalue weighted by Gasteiger charge is -2.19. The van der Waals surface area contributed by atoms with Crippen molar-refractivity contribution in [2.75, 3.05) is 20.6 Å². The highest BCUT2D eigenvalue weighted by Gasteiger charge is 2.16. The van der Waals surface area contributed by atoms with Gasteiger partial charge in [-0.25, -0.2) is 0 Å². The van der Waals surface area contributed by atoms with Crippen molar-refractivity contribution < 1.29 is 5.11 Å². The van der Waals surface area contributed by atoms with E-state index < -0.39 is 6.10 Å². The number of hydrogen-bond acceptors (Lipinski definition) is 2. The third-order valence-electron chi connectivity index (χ3n) is 3.56. The van der Waals surface area contributed by atoms with Gasteiger partial charge in [0.1, 0.15) is 6.10 Å². The molecule has 2 aromatic carbocycles. The lowest BCUT2D eigenvalue weighted by atomic mass is 9.92. The molecule has 0 amide bonds. The summed E-state index contributed by atoms with van der Waals surface area (Å²) in [5.41, 5.74) is 4.09. The van der Waals surface area contributed by atoms with Crippen molar-refractivity contribution >= 4 is 5.57 Å². The molecule has 0 fully saturated rings. The maximum absolute atomic E-state index is 10.8. The molecule has 110 valence electrons. The standard InChI is InChI=1S/C19H23NO/c1-15-9-7-8-12-17(15)19(21)18(13-14-20(2)3)16-10-5-4-6-11-16/h4-13,19,21H,14H2,1-3H3/b18-13+. The predicted molar refractivity (Wildman–Crippen MR) is 89.1 cm³/mol. The number of rotatable bonds is 5. The van der Waals surface area contributed by atoms with Crippen LogP contribution in [0.5, 0.6) is 0 Å². The minimum Gasteiger partial charge on any atom is -0.384 e. The highest BCUT2D eigenvalue weighted by atomic mass is 16.3. The summed E-state index contributed by atoms with van der Waals surface area (Å²) in [4.78, 5) is 2.09. The average Bonchev–Trinajstić information content (AvgIpc) is 2.48. The Morgan fingerprint density at radius 1 is 1.05 bits per heavy atom. The maximum atomic E-state index is 10.8. The van der Waals surface area contributed by atoms with E-state index in [-0.39, 0.29) is 0 Å². The van der Waals surface area contributed by atoms with Gasteiger partial charge in [-0.2, -0.15) is 0 Å². The Morgan fingerprint density at radius 3 is 2.29 bits per heavy atom. The van der Waals surface area contributed by atoms with Crippen LogP contribution in [0.3, 0.4) is 0 Å². The molecule has 2 heteroatoms. The highest BCUT2D eigenvalue weighted by molar-refractivity contribution is 5.70. The summed E-state index contributed by atoms with van der Waals surface area (Å²) in [5.74, 6) is 0. The van der Waals surface area contributed by atoms with Gasteiger partial charge in [0.05, 0.1) is 0 Å². The van der Waals surface area contributed by atoms with Gasteiger partial charge in [0.25, 0.3) is 0 Å². The van der Waals surface area contributed by atoms with Gasteiger partial charge < -0.3 is 10.0 Å². The molecule has 0 aliphatic heterocycles. The molecule has 0 aliphatic rings. The van der Waals surface area contributed by atoms with Gasteiger partial charge in [-0.1, -0.05) is 60.7 Å². The molecule has 1 atom stereocenters. The molecule has 1 unspecified atom stereocenters. The van der Waals surface area contributed by atoms with Crippen LogP contribution in [0.2, 0.25) is 0 Å². The van der Waals surface area contributed by atoms with E-state index in [1.165, 1.54) is 0 Å². The van der Waals surface area contributed by atoms with Crippen molar-refractivity contribution in [2.24, 2.45) is 0 Å². The van der Waals surface area contributed by atoms with Crippen LogP contribution in [0.4, 0.5) is 0 Å². The van der Waals surface area contributed by atoms with Crippen LogP contribution in [0.1, 0.15) is 22.8 Å². The van der Waals surface area contributed by atoms with Gasteiger partial charge in [0.15, 0.2) is 0 Å². The first-order valence-corrected chi connectivity index (χ1v) is 7.23. The van der Waals surface area contributed by atoms with E-state index in [2.05, 4.69) is 11.0 Å². The second-order valence-corrected chi connectivity index (χ2v) is 5.55. The van der Waals surface area contributed by atoms with E-state index in [0.717, 1.165) is 28.8 Å². The number of aryl methyl sites for hydroxylation is 1. The number of aliphatic hydroxyl groups excluding tert-OH is 1. The Morgan fingerprint density at radius 2 is 1.67 bits per heavy atom. The Bertz CT molecular complexity index is 602. The predicted octanol–water partition coefficient (Wildman–Crippen LogP) is 3.67. The van der Waals surface area contributed by atoms with E-state index in [1.54, 1.807) is 0 Å². The van der Waals surface area contributed by atoms with Gasteiger partial charge in [-0.15, -0.1) is 0 Å². The maximum Gasteiger partial charge on any atom is 0.105 e. The molecule has 0 radical (unpaired) electrons. The van der Waals surface area contributed by atoms with Gasteiger partial charge in [0, 0.05) is 6.54 Å². The number of likely N-dealkylation sites (N-methyl/N-ethyl adjacent to an activating group) is 1. The number of nitrogens with zero attached hydrogens (tertiary/aromatic N) is 1. The number of aliphatic hydroxyl groups is 1. The highest BCUT2D eigenvalue weighted by Crippen LogP contribution is 2.31. The molecule has 2 rings (SSSR count). The summed E-state index contributed by atoms with van der Waals surface area (Å²) >= 11 is 0. The molecular weight excluding hydrogens is 258 g/mol. The van der Waals surface area contributed by atoms with Gasteiger partial charge in [0.2, 0.25) is 0 Å². The Kier molecular flexibility index (Phi) is 5.32. The first kappa shape index (κ1) is 15.5. The van der Waals surface area contributed by atoms with Crippen LogP contribution in [0.15, 0.2) is 60.7 Å². The van der Waals surface area contributed by atoms with Crippen molar-refractivity contribution in [1.29, 1.82) is 0 Å². The zero-order valence-corrected chi connectivity index (χ0v) is 13.0. The topological polar surface area (TPSA) is 23.5 Å². The smallest absolute Gasteiger partial charge is 0.105 e. The Balaban J connectivity index is 2.40. The molecule has 2 aromatic rings. The molecule has 0 aromatic heterocycles. The van der Waals surface area contributed by atoms with Crippen molar-refractivity contribution in [1.82, 2.24) is 4.90 Å². The lowest BCUT2D eigenvalue weighted by molar-refractivity contribution is 0.237. The second kappa shape index (κ2) is 7.21. The van der Waals surface area contributed by atoms with E-state index in [9.17, 15) is 5.11 Å². The fourth-order valence-electron chi connectivity index (χ4n) is 2.36. The van der Waals surface area contributed by atoms with Crippen LogP contribution < -0.4 is 0 Å². The molecule has 0 saturated heterocycles. The van der Waals surface area contributed by atoms with Crippen LogP contribution in [-0.4, -0.2) is 30.6 Å². The van der Waals surface area contributed by atoms with Gasteiger partial charge >= 0.3 is 0 Å². The lowest BCUT2D eigenvalue weighted by Crippen LogP contribution is -2.12. The molecule has 21 heavy (non-hydrogen) atoms. The Hall–Kier alpha value is -1.90. The summed E-state index contributed by atoms with van der Waals surface area (Å²) in [6.07, 6.45) is 1.50. The minimum atomic E-state index is -0.603. The third-order valence-corrected chi connectivity index (χ3v) is 3.56. The van der Waals surface area contributed by atoms with Gasteiger partial charge in [-0.05, 0) is 43.3 Å². The van der Waals surface area contributed by atoms with Crippen LogP contribution >= 0.6 is 0 Å². The second-order valence-electron chi connectivity index (χ2n) is 5.55. The molecule has 1 N–H and O–H groups in total. The molecule has 2 nitrogen and oxygen atoms in total. The van der Waals surface area contributed by atoms with Gasteiger partial charge in [-0.3, -0.25) is 0 Å². The number of hydrogen-bond donors (Lipinski definition) is 1. The monoisotopic (exact) mass is 281 g/mol. The van der Waals surface area contributed by atoms with Crippen molar-refractivity contribution in [3.63, 3.8) is 0 Å². The molecule has 0 aliphatic carbocycles. The summed E-state index contributed by atoms with van der Waals surface area (Å²) in [6, 6.07) is 18.1. The van der Waals surface area contributed by atoms with E-state index in [1.807, 2.05) is 75.6 Å². The largest absolute Gasteiger partial charge is 0.384 e. The summed E-state index contributed by atoms with van der Waals surface area (Å²) in [7, 11) is 4.05. The van der Waals surface area contributed by atoms with E-state index in [0.29, 0.717) is 0 Å². The first-order valence-electron chi connectivity index (χ1n) is 7.23. The van der Waals surface area contributed by atoms with Crippen LogP contribution in [-0.2, 0) is 0 Å². The third kappa shape index (κ3) is 4.03. The summed E-state index contributed by atoms with van der Waals surface area (Å²) < 4.78 is 0. The zero-order chi connectivity index (χ0) is 15.2. The molecule has 0 bridgehead atoms. The first-order chi connectivity index (χ1) is 10.1. The fraction of sp³-hybridized carbons (Fsp3) is 0.263. The summed E-state index contributed by atoms with van der Waals surface area (Å²) in [6.45, 7) is 2.83. The van der Waals surface area contributed by atoms with Crippen molar-refractivity contribution in [2.45, 2.75) is 13.0 Å².